The van der Waals surface area contributed by atoms with Gasteiger partial charge in [0.25, 0.3) is 0 Å². The van der Waals surface area contributed by atoms with Crippen LogP contribution in [-0.4, -0.2) is 46.5 Å². The van der Waals surface area contributed by atoms with Crippen molar-refractivity contribution in [3.05, 3.63) is 0 Å². The molecule has 0 aliphatic carbocycles. The van der Waals surface area contributed by atoms with Gasteiger partial charge in [0.05, 0.1) is 11.9 Å². The minimum Gasteiger partial charge on any atom is -0.377 e. The SMILES string of the molecule is O=S(=O)(CC1CCCCO1)NCCC1CCNC1. The highest BCUT2D eigenvalue weighted by molar-refractivity contribution is 7.89. The maximum absolute atomic E-state index is 11.9. The monoisotopic (exact) mass is 276 g/mol. The summed E-state index contributed by atoms with van der Waals surface area (Å²) in [6, 6.07) is 0. The molecule has 2 unspecified atom stereocenters. The lowest BCUT2D eigenvalue weighted by Gasteiger charge is -2.22. The molecule has 2 N–H and O–H groups in total. The van der Waals surface area contributed by atoms with Crippen molar-refractivity contribution < 1.29 is 13.2 Å². The third-order valence-corrected chi connectivity index (χ3v) is 5.17. The number of hydrogen-bond acceptors (Lipinski definition) is 4. The average Bonchev–Trinajstić information content (AvgIpc) is 2.82. The van der Waals surface area contributed by atoms with Gasteiger partial charge in [-0.2, -0.15) is 0 Å². The van der Waals surface area contributed by atoms with E-state index in [2.05, 4.69) is 10.0 Å². The van der Waals surface area contributed by atoms with Crippen LogP contribution < -0.4 is 10.0 Å². The van der Waals surface area contributed by atoms with Gasteiger partial charge in [-0.1, -0.05) is 0 Å². The summed E-state index contributed by atoms with van der Waals surface area (Å²) in [5.41, 5.74) is 0. The van der Waals surface area contributed by atoms with Crippen molar-refractivity contribution in [1.29, 1.82) is 0 Å². The van der Waals surface area contributed by atoms with Crippen molar-refractivity contribution in [2.75, 3.05) is 32.0 Å². The van der Waals surface area contributed by atoms with Crippen molar-refractivity contribution in [2.45, 2.75) is 38.2 Å². The average molecular weight is 276 g/mol. The van der Waals surface area contributed by atoms with Crippen LogP contribution in [0, 0.1) is 5.92 Å². The highest BCUT2D eigenvalue weighted by Crippen LogP contribution is 2.14. The first-order valence-corrected chi connectivity index (χ1v) is 8.60. The van der Waals surface area contributed by atoms with Crippen molar-refractivity contribution in [2.24, 2.45) is 5.92 Å². The maximum Gasteiger partial charge on any atom is 0.214 e. The van der Waals surface area contributed by atoms with E-state index in [-0.39, 0.29) is 11.9 Å². The van der Waals surface area contributed by atoms with Crippen LogP contribution in [0.1, 0.15) is 32.1 Å². The standard InChI is InChI=1S/C12H24N2O3S/c15-18(16,10-12-3-1-2-8-17-12)14-7-5-11-4-6-13-9-11/h11-14H,1-10H2. The molecule has 0 aromatic carbocycles. The van der Waals surface area contributed by atoms with E-state index in [9.17, 15) is 8.42 Å². The van der Waals surface area contributed by atoms with E-state index in [1.54, 1.807) is 0 Å². The predicted molar refractivity (Wildman–Crippen MR) is 71.0 cm³/mol. The normalized spacial score (nSPS) is 29.6. The highest BCUT2D eigenvalue weighted by Gasteiger charge is 2.22. The first-order valence-electron chi connectivity index (χ1n) is 6.95. The molecule has 2 fully saturated rings. The lowest BCUT2D eigenvalue weighted by atomic mass is 10.1. The zero-order valence-electron chi connectivity index (χ0n) is 10.9. The van der Waals surface area contributed by atoms with E-state index in [0.717, 1.165) is 45.2 Å². The lowest BCUT2D eigenvalue weighted by Crippen LogP contribution is -2.36. The Morgan fingerprint density at radius 2 is 2.17 bits per heavy atom. The molecule has 2 rings (SSSR count). The molecule has 106 valence electrons. The number of hydrogen-bond donors (Lipinski definition) is 2. The van der Waals surface area contributed by atoms with E-state index in [4.69, 9.17) is 4.74 Å². The molecule has 0 aromatic rings. The maximum atomic E-state index is 11.9. The van der Waals surface area contributed by atoms with Crippen LogP contribution in [0.4, 0.5) is 0 Å². The molecule has 5 nitrogen and oxygen atoms in total. The quantitative estimate of drug-likeness (QED) is 0.740. The third-order valence-electron chi connectivity index (χ3n) is 3.72. The van der Waals surface area contributed by atoms with Crippen LogP contribution in [-0.2, 0) is 14.8 Å². The Kier molecular flexibility index (Phi) is 5.41. The number of sulfonamides is 1. The molecule has 2 heterocycles. The van der Waals surface area contributed by atoms with E-state index in [0.29, 0.717) is 19.1 Å². The summed E-state index contributed by atoms with van der Waals surface area (Å²) >= 11 is 0. The largest absolute Gasteiger partial charge is 0.377 e. The number of ether oxygens (including phenoxy) is 1. The van der Waals surface area contributed by atoms with Gasteiger partial charge in [-0.15, -0.1) is 0 Å². The van der Waals surface area contributed by atoms with Gasteiger partial charge in [-0.3, -0.25) is 0 Å². The summed E-state index contributed by atoms with van der Waals surface area (Å²) in [5.74, 6) is 0.745. The molecule has 0 saturated carbocycles. The topological polar surface area (TPSA) is 67.4 Å². The Hall–Kier alpha value is -0.170. The molecule has 0 amide bonds. The van der Waals surface area contributed by atoms with Gasteiger partial charge in [0, 0.05) is 13.2 Å². The first-order chi connectivity index (χ1) is 8.66. The molecule has 6 heteroatoms. The van der Waals surface area contributed by atoms with Crippen LogP contribution in [0.3, 0.4) is 0 Å². The van der Waals surface area contributed by atoms with Crippen molar-refractivity contribution >= 4 is 10.0 Å². The van der Waals surface area contributed by atoms with E-state index in [1.807, 2.05) is 0 Å². The second-order valence-corrected chi connectivity index (χ2v) is 7.16. The minimum absolute atomic E-state index is 0.107. The van der Waals surface area contributed by atoms with Gasteiger partial charge in [-0.25, -0.2) is 13.1 Å². The zero-order chi connectivity index (χ0) is 12.8. The van der Waals surface area contributed by atoms with Crippen molar-refractivity contribution in [3.8, 4) is 0 Å². The summed E-state index contributed by atoms with van der Waals surface area (Å²) < 4.78 is 31.9. The molecule has 2 atom stereocenters. The second kappa shape index (κ2) is 6.84. The minimum atomic E-state index is -3.17. The Labute approximate surface area is 110 Å². The lowest BCUT2D eigenvalue weighted by molar-refractivity contribution is 0.0304. The molecule has 18 heavy (non-hydrogen) atoms. The molecule has 0 bridgehead atoms. The molecular weight excluding hydrogens is 252 g/mol. The van der Waals surface area contributed by atoms with Crippen LogP contribution >= 0.6 is 0 Å². The summed E-state index contributed by atoms with van der Waals surface area (Å²) in [4.78, 5) is 0. The smallest absolute Gasteiger partial charge is 0.214 e. The van der Waals surface area contributed by atoms with Gasteiger partial charge in [-0.05, 0) is 51.1 Å². The Balaban J connectivity index is 1.66. The first kappa shape index (κ1) is 14.2. The third kappa shape index (κ3) is 4.84. The molecular formula is C12H24N2O3S. The van der Waals surface area contributed by atoms with E-state index in [1.165, 1.54) is 0 Å². The summed E-state index contributed by atoms with van der Waals surface area (Å²) in [6.07, 6.45) is 4.98. The van der Waals surface area contributed by atoms with E-state index >= 15 is 0 Å². The number of nitrogens with one attached hydrogen (secondary N) is 2. The predicted octanol–water partition coefficient (Wildman–Crippen LogP) is 0.475. The van der Waals surface area contributed by atoms with Crippen molar-refractivity contribution in [1.82, 2.24) is 10.0 Å². The fourth-order valence-electron chi connectivity index (χ4n) is 2.62. The fourth-order valence-corrected chi connectivity index (χ4v) is 3.92. The van der Waals surface area contributed by atoms with Crippen molar-refractivity contribution in [3.63, 3.8) is 0 Å². The molecule has 2 aliphatic heterocycles. The summed E-state index contributed by atoms with van der Waals surface area (Å²) in [7, 11) is -3.17. The second-order valence-electron chi connectivity index (χ2n) is 5.31. The zero-order valence-corrected chi connectivity index (χ0v) is 11.7. The molecule has 0 radical (unpaired) electrons. The van der Waals surface area contributed by atoms with Crippen LogP contribution in [0.5, 0.6) is 0 Å². The van der Waals surface area contributed by atoms with Gasteiger partial charge in [0.15, 0.2) is 0 Å². The van der Waals surface area contributed by atoms with E-state index < -0.39 is 10.0 Å². The van der Waals surface area contributed by atoms with Gasteiger partial charge in [0.1, 0.15) is 0 Å². The molecule has 2 saturated heterocycles. The van der Waals surface area contributed by atoms with Gasteiger partial charge >= 0.3 is 0 Å². The Morgan fingerprint density at radius 3 is 2.83 bits per heavy atom. The molecule has 0 aromatic heterocycles. The van der Waals surface area contributed by atoms with Gasteiger partial charge in [0.2, 0.25) is 10.0 Å². The fraction of sp³-hybridized carbons (Fsp3) is 1.00. The highest BCUT2D eigenvalue weighted by atomic mass is 32.2. The van der Waals surface area contributed by atoms with Crippen LogP contribution in [0.2, 0.25) is 0 Å². The Morgan fingerprint density at radius 1 is 1.28 bits per heavy atom. The Bertz CT molecular complexity index is 333. The molecule has 2 aliphatic rings. The molecule has 0 spiro atoms. The summed E-state index contributed by atoms with van der Waals surface area (Å²) in [6.45, 7) is 3.34. The van der Waals surface area contributed by atoms with Crippen LogP contribution in [0.15, 0.2) is 0 Å². The number of rotatable bonds is 6. The summed E-state index contributed by atoms with van der Waals surface area (Å²) in [5, 5.41) is 3.29. The van der Waals surface area contributed by atoms with Crippen LogP contribution in [0.25, 0.3) is 0 Å². The van der Waals surface area contributed by atoms with Gasteiger partial charge < -0.3 is 10.1 Å².